The van der Waals surface area contributed by atoms with Crippen LogP contribution in [0.3, 0.4) is 0 Å². The molecule has 0 saturated heterocycles. The molecule has 0 radical (unpaired) electrons. The van der Waals surface area contributed by atoms with Crippen molar-refractivity contribution in [1.82, 2.24) is 19.3 Å². The normalized spacial score (nSPS) is 25.0. The van der Waals surface area contributed by atoms with Crippen LogP contribution in [0.2, 0.25) is 5.02 Å². The van der Waals surface area contributed by atoms with Gasteiger partial charge >= 0.3 is 0 Å². The van der Waals surface area contributed by atoms with Gasteiger partial charge < -0.3 is 24.8 Å². The number of aryl methyl sites for hydroxylation is 2. The van der Waals surface area contributed by atoms with Gasteiger partial charge in [-0.15, -0.1) is 5.10 Å². The maximum absolute atomic E-state index is 13.5. The summed E-state index contributed by atoms with van der Waals surface area (Å²) in [6, 6.07) is 5.82. The molecule has 204 valence electrons. The summed E-state index contributed by atoms with van der Waals surface area (Å²) >= 11 is 5.87. The van der Waals surface area contributed by atoms with E-state index in [1.54, 1.807) is 49.6 Å². The zero-order valence-electron chi connectivity index (χ0n) is 21.9. The standard InChI is InChI=1S/C27H33ClFN5O4/c1-26(2,36)13-38-22-10-21(34(4)32-22)27(37)11-16-7-15(8-17(16)12-27)23-24(33(3)14-30-23)25(35)31-18-5-6-20(29)19(28)9-18/h5-6,9-10,14-17,36-37H,7-8,11-13H2,1-4H3,(H,31,35). The van der Waals surface area contributed by atoms with Crippen molar-refractivity contribution in [2.24, 2.45) is 25.9 Å². The molecule has 1 amide bonds. The Morgan fingerprint density at radius 1 is 1.26 bits per heavy atom. The number of anilines is 1. The largest absolute Gasteiger partial charge is 0.474 e. The van der Waals surface area contributed by atoms with Crippen molar-refractivity contribution in [3.63, 3.8) is 0 Å². The SMILES string of the molecule is Cn1cnc(C2CC3CC(O)(c4cc(OCC(C)(C)O)nn4C)CC3C2)c1C(=O)Nc1ccc(F)c(Cl)c1. The van der Waals surface area contributed by atoms with Gasteiger partial charge in [-0.1, -0.05) is 11.6 Å². The number of nitrogens with one attached hydrogen (secondary N) is 1. The molecule has 11 heteroatoms. The molecule has 1 aromatic carbocycles. The Kier molecular flexibility index (Phi) is 6.77. The summed E-state index contributed by atoms with van der Waals surface area (Å²) in [5.74, 6) is 0.131. The van der Waals surface area contributed by atoms with E-state index in [1.165, 1.54) is 18.2 Å². The molecule has 9 nitrogen and oxygen atoms in total. The number of carbonyl (C=O) groups excluding carboxylic acids is 1. The highest BCUT2D eigenvalue weighted by Crippen LogP contribution is 2.57. The van der Waals surface area contributed by atoms with E-state index in [0.29, 0.717) is 35.8 Å². The molecule has 0 spiro atoms. The number of amides is 1. The summed E-state index contributed by atoms with van der Waals surface area (Å²) in [4.78, 5) is 17.7. The van der Waals surface area contributed by atoms with Crippen molar-refractivity contribution in [3.8, 4) is 5.88 Å². The van der Waals surface area contributed by atoms with Crippen molar-refractivity contribution in [3.05, 3.63) is 58.5 Å². The first-order valence-corrected chi connectivity index (χ1v) is 13.1. The Labute approximate surface area is 225 Å². The van der Waals surface area contributed by atoms with Gasteiger partial charge in [-0.2, -0.15) is 0 Å². The van der Waals surface area contributed by atoms with Crippen LogP contribution in [-0.4, -0.2) is 47.7 Å². The number of aromatic nitrogens is 4. The van der Waals surface area contributed by atoms with Gasteiger partial charge in [-0.25, -0.2) is 9.37 Å². The van der Waals surface area contributed by atoms with Gasteiger partial charge in [0.2, 0.25) is 5.88 Å². The first-order chi connectivity index (χ1) is 17.8. The minimum atomic E-state index is -1.02. The number of halogens is 2. The number of carbonyl (C=O) groups is 1. The first kappa shape index (κ1) is 26.6. The Morgan fingerprint density at radius 2 is 1.95 bits per heavy atom. The van der Waals surface area contributed by atoms with Crippen LogP contribution in [0.4, 0.5) is 10.1 Å². The molecule has 38 heavy (non-hydrogen) atoms. The van der Waals surface area contributed by atoms with Gasteiger partial charge in [0.15, 0.2) is 0 Å². The molecule has 2 aliphatic rings. The summed E-state index contributed by atoms with van der Waals surface area (Å²) in [5, 5.41) is 28.7. The molecule has 2 unspecified atom stereocenters. The van der Waals surface area contributed by atoms with Crippen molar-refractivity contribution in [1.29, 1.82) is 0 Å². The third kappa shape index (κ3) is 5.17. The number of hydrogen-bond donors (Lipinski definition) is 3. The zero-order valence-corrected chi connectivity index (χ0v) is 22.7. The number of hydrogen-bond acceptors (Lipinski definition) is 6. The fraction of sp³-hybridized carbons (Fsp3) is 0.519. The highest BCUT2D eigenvalue weighted by Gasteiger charge is 2.51. The summed E-state index contributed by atoms with van der Waals surface area (Å²) in [6.07, 6.45) is 4.43. The van der Waals surface area contributed by atoms with Crippen LogP contribution in [0.1, 0.15) is 67.3 Å². The summed E-state index contributed by atoms with van der Waals surface area (Å²) in [6.45, 7) is 3.42. The van der Waals surface area contributed by atoms with E-state index in [9.17, 15) is 19.4 Å². The molecule has 2 heterocycles. The van der Waals surface area contributed by atoms with Gasteiger partial charge in [0.1, 0.15) is 23.7 Å². The van der Waals surface area contributed by atoms with Crippen LogP contribution in [0.15, 0.2) is 30.6 Å². The molecule has 0 aliphatic heterocycles. The minimum absolute atomic E-state index is 0.0616. The lowest BCUT2D eigenvalue weighted by molar-refractivity contribution is 0.0261. The predicted molar refractivity (Wildman–Crippen MR) is 140 cm³/mol. The molecule has 5 rings (SSSR count). The van der Waals surface area contributed by atoms with Crippen molar-refractivity contribution in [2.45, 2.75) is 56.7 Å². The predicted octanol–water partition coefficient (Wildman–Crippen LogP) is 4.14. The molecule has 2 atom stereocenters. The first-order valence-electron chi connectivity index (χ1n) is 12.7. The topological polar surface area (TPSA) is 114 Å². The molecule has 3 N–H and O–H groups in total. The lowest BCUT2D eigenvalue weighted by Gasteiger charge is -2.24. The number of fused-ring (bicyclic) bond motifs is 1. The third-order valence-electron chi connectivity index (χ3n) is 7.69. The number of benzene rings is 1. The summed E-state index contributed by atoms with van der Waals surface area (Å²) in [7, 11) is 3.56. The van der Waals surface area contributed by atoms with E-state index in [2.05, 4.69) is 15.4 Å². The second kappa shape index (κ2) is 9.66. The summed E-state index contributed by atoms with van der Waals surface area (Å²) in [5.41, 5.74) is 0.296. The van der Waals surface area contributed by atoms with E-state index in [0.717, 1.165) is 18.5 Å². The monoisotopic (exact) mass is 545 g/mol. The Morgan fingerprint density at radius 3 is 2.58 bits per heavy atom. The molecule has 2 aliphatic carbocycles. The van der Waals surface area contributed by atoms with E-state index in [4.69, 9.17) is 16.3 Å². The van der Waals surface area contributed by atoms with Gasteiger partial charge in [0, 0.05) is 31.8 Å². The van der Waals surface area contributed by atoms with Gasteiger partial charge in [0.25, 0.3) is 5.91 Å². The van der Waals surface area contributed by atoms with Crippen LogP contribution in [0, 0.1) is 17.7 Å². The molecule has 2 fully saturated rings. The van der Waals surface area contributed by atoms with Crippen LogP contribution in [0.25, 0.3) is 0 Å². The fourth-order valence-electron chi connectivity index (χ4n) is 6.08. The second-order valence-electron chi connectivity index (χ2n) is 11.4. The van der Waals surface area contributed by atoms with E-state index in [-0.39, 0.29) is 35.3 Å². The van der Waals surface area contributed by atoms with Crippen LogP contribution in [-0.2, 0) is 19.7 Å². The van der Waals surface area contributed by atoms with Crippen molar-refractivity contribution in [2.75, 3.05) is 11.9 Å². The zero-order chi connectivity index (χ0) is 27.4. The number of ether oxygens (including phenoxy) is 1. The average Bonchev–Trinajstić information content (AvgIpc) is 3.56. The average molecular weight is 546 g/mol. The Balaban J connectivity index is 1.28. The lowest BCUT2D eigenvalue weighted by atomic mass is 9.90. The van der Waals surface area contributed by atoms with E-state index >= 15 is 0 Å². The summed E-state index contributed by atoms with van der Waals surface area (Å²) < 4.78 is 22.5. The van der Waals surface area contributed by atoms with Crippen molar-refractivity contribution < 1.29 is 24.1 Å². The molecule has 2 saturated carbocycles. The van der Waals surface area contributed by atoms with Crippen molar-refractivity contribution >= 4 is 23.2 Å². The molecular formula is C27H33ClFN5O4. The van der Waals surface area contributed by atoms with E-state index < -0.39 is 17.0 Å². The van der Waals surface area contributed by atoms with Gasteiger partial charge in [-0.3, -0.25) is 9.48 Å². The maximum atomic E-state index is 13.5. The second-order valence-corrected chi connectivity index (χ2v) is 11.8. The highest BCUT2D eigenvalue weighted by atomic mass is 35.5. The molecule has 2 aromatic heterocycles. The van der Waals surface area contributed by atoms with E-state index in [1.807, 2.05) is 0 Å². The van der Waals surface area contributed by atoms with Crippen LogP contribution in [0.5, 0.6) is 5.88 Å². The number of aliphatic hydroxyl groups is 2. The molecule has 3 aromatic rings. The Bertz CT molecular complexity index is 1350. The minimum Gasteiger partial charge on any atom is -0.474 e. The van der Waals surface area contributed by atoms with Crippen LogP contribution >= 0.6 is 11.6 Å². The highest BCUT2D eigenvalue weighted by molar-refractivity contribution is 6.31. The number of rotatable bonds is 7. The number of nitrogens with zero attached hydrogens (tertiary/aromatic N) is 4. The van der Waals surface area contributed by atoms with Gasteiger partial charge in [0.05, 0.1) is 28.3 Å². The van der Waals surface area contributed by atoms with Gasteiger partial charge in [-0.05, 0) is 69.6 Å². The number of imidazole rings is 1. The molecule has 0 bridgehead atoms. The molecular weight excluding hydrogens is 513 g/mol. The Hall–Kier alpha value is -2.95. The quantitative estimate of drug-likeness (QED) is 0.411. The van der Waals surface area contributed by atoms with Crippen LogP contribution < -0.4 is 10.1 Å². The smallest absolute Gasteiger partial charge is 0.274 e. The third-order valence-corrected chi connectivity index (χ3v) is 7.98. The lowest BCUT2D eigenvalue weighted by Crippen LogP contribution is -2.28. The fourth-order valence-corrected chi connectivity index (χ4v) is 6.26. The maximum Gasteiger partial charge on any atom is 0.274 e.